The van der Waals surface area contributed by atoms with E-state index in [-0.39, 0.29) is 11.8 Å². The van der Waals surface area contributed by atoms with Crippen LogP contribution in [0, 0.1) is 5.92 Å². The molecule has 7 heteroatoms. The highest BCUT2D eigenvalue weighted by molar-refractivity contribution is 5.78. The summed E-state index contributed by atoms with van der Waals surface area (Å²) in [6.07, 6.45) is 5.78. The van der Waals surface area contributed by atoms with Crippen LogP contribution < -0.4 is 4.74 Å². The first kappa shape index (κ1) is 21.3. The average Bonchev–Trinajstić information content (AvgIpc) is 3.08. The van der Waals surface area contributed by atoms with Crippen LogP contribution >= 0.6 is 0 Å². The number of benzene rings is 1. The molecule has 1 aliphatic heterocycles. The molecule has 2 atom stereocenters. The maximum absolute atomic E-state index is 13.1. The minimum absolute atomic E-state index is 0.0448. The standard InChI is InChI=1S/C22H33N5O2/c1-24(2)20-10-9-18(15-25(3)16-20)22(28)26(4)13-17-12-23-27(14-17)19-7-6-8-21(11-19)29-5/h6-8,11-12,14,18,20H,9-10,13,15-16H2,1-5H3/t18-,20+/m1/s1. The summed E-state index contributed by atoms with van der Waals surface area (Å²) in [7, 11) is 9.89. The van der Waals surface area contributed by atoms with Gasteiger partial charge in [0.05, 0.1) is 24.9 Å². The number of carbonyl (C=O) groups excluding carboxylic acids is 1. The third kappa shape index (κ3) is 5.36. The first-order valence-corrected chi connectivity index (χ1v) is 10.1. The lowest BCUT2D eigenvalue weighted by Crippen LogP contribution is -2.39. The van der Waals surface area contributed by atoms with Crippen molar-refractivity contribution in [2.24, 2.45) is 5.92 Å². The molecular formula is C22H33N5O2. The number of amides is 1. The van der Waals surface area contributed by atoms with E-state index in [9.17, 15) is 4.79 Å². The minimum Gasteiger partial charge on any atom is -0.497 e. The largest absolute Gasteiger partial charge is 0.497 e. The van der Waals surface area contributed by atoms with Gasteiger partial charge in [0.2, 0.25) is 5.91 Å². The highest BCUT2D eigenvalue weighted by atomic mass is 16.5. The molecule has 0 radical (unpaired) electrons. The SMILES string of the molecule is COc1cccc(-n2cc(CN(C)C(=O)[C@@H]3CC[C@H](N(C)C)CN(C)C3)cn2)c1. The maximum atomic E-state index is 13.1. The van der Waals surface area contributed by atoms with Crippen molar-refractivity contribution in [2.45, 2.75) is 25.4 Å². The van der Waals surface area contributed by atoms with Gasteiger partial charge in [0.25, 0.3) is 0 Å². The van der Waals surface area contributed by atoms with Crippen LogP contribution in [-0.4, -0.2) is 84.8 Å². The van der Waals surface area contributed by atoms with E-state index in [4.69, 9.17) is 4.74 Å². The number of ether oxygens (including phenoxy) is 1. The number of carbonyl (C=O) groups is 1. The third-order valence-electron chi connectivity index (χ3n) is 5.73. The molecule has 1 fully saturated rings. The van der Waals surface area contributed by atoms with E-state index in [1.165, 1.54) is 0 Å². The van der Waals surface area contributed by atoms with Gasteiger partial charge >= 0.3 is 0 Å². The lowest BCUT2D eigenvalue weighted by atomic mass is 10.00. The number of hydrogen-bond donors (Lipinski definition) is 0. The molecule has 1 saturated heterocycles. The van der Waals surface area contributed by atoms with Crippen molar-refractivity contribution >= 4 is 5.91 Å². The molecule has 1 amide bonds. The molecule has 0 saturated carbocycles. The zero-order valence-electron chi connectivity index (χ0n) is 18.2. The molecule has 7 nitrogen and oxygen atoms in total. The van der Waals surface area contributed by atoms with E-state index >= 15 is 0 Å². The molecule has 1 aromatic carbocycles. The van der Waals surface area contributed by atoms with Crippen LogP contribution in [-0.2, 0) is 11.3 Å². The van der Waals surface area contributed by atoms with E-state index in [1.807, 2.05) is 53.3 Å². The van der Waals surface area contributed by atoms with E-state index < -0.39 is 0 Å². The Bertz CT molecular complexity index is 819. The number of likely N-dealkylation sites (tertiary alicyclic amines) is 1. The molecule has 0 N–H and O–H groups in total. The quantitative estimate of drug-likeness (QED) is 0.745. The van der Waals surface area contributed by atoms with Crippen LogP contribution in [0.25, 0.3) is 5.69 Å². The molecule has 0 bridgehead atoms. The van der Waals surface area contributed by atoms with Gasteiger partial charge in [-0.3, -0.25) is 4.79 Å². The summed E-state index contributed by atoms with van der Waals surface area (Å²) in [5.41, 5.74) is 1.95. The average molecular weight is 400 g/mol. The first-order valence-electron chi connectivity index (χ1n) is 10.1. The van der Waals surface area contributed by atoms with Gasteiger partial charge in [-0.25, -0.2) is 4.68 Å². The second-order valence-electron chi connectivity index (χ2n) is 8.30. The first-order chi connectivity index (χ1) is 13.9. The molecule has 29 heavy (non-hydrogen) atoms. The molecule has 3 rings (SSSR count). The van der Waals surface area contributed by atoms with Crippen molar-refractivity contribution in [3.05, 3.63) is 42.2 Å². The predicted octanol–water partition coefficient (Wildman–Crippen LogP) is 2.11. The van der Waals surface area contributed by atoms with Gasteiger partial charge in [-0.05, 0) is 46.1 Å². The van der Waals surface area contributed by atoms with Crippen molar-refractivity contribution < 1.29 is 9.53 Å². The van der Waals surface area contributed by atoms with Crippen molar-refractivity contribution in [3.63, 3.8) is 0 Å². The van der Waals surface area contributed by atoms with Gasteiger partial charge in [0, 0.05) is 50.6 Å². The van der Waals surface area contributed by atoms with Gasteiger partial charge in [0.15, 0.2) is 0 Å². The minimum atomic E-state index is 0.0448. The molecular weight excluding hydrogens is 366 g/mol. The van der Waals surface area contributed by atoms with E-state index in [2.05, 4.69) is 36.0 Å². The molecule has 1 aromatic heterocycles. The van der Waals surface area contributed by atoms with Gasteiger partial charge in [-0.15, -0.1) is 0 Å². The second kappa shape index (κ2) is 9.41. The van der Waals surface area contributed by atoms with Crippen molar-refractivity contribution in [2.75, 3.05) is 48.4 Å². The van der Waals surface area contributed by atoms with Crippen LogP contribution in [0.15, 0.2) is 36.7 Å². The summed E-state index contributed by atoms with van der Waals surface area (Å²) in [5, 5.41) is 4.45. The Balaban J connectivity index is 1.63. The van der Waals surface area contributed by atoms with Gasteiger partial charge in [-0.2, -0.15) is 5.10 Å². The predicted molar refractivity (Wildman–Crippen MR) is 114 cm³/mol. The number of nitrogens with zero attached hydrogens (tertiary/aromatic N) is 5. The van der Waals surface area contributed by atoms with E-state index in [1.54, 1.807) is 7.11 Å². The van der Waals surface area contributed by atoms with Crippen LogP contribution in [0.4, 0.5) is 0 Å². The van der Waals surface area contributed by atoms with E-state index in [0.29, 0.717) is 12.6 Å². The number of aromatic nitrogens is 2. The fourth-order valence-corrected chi connectivity index (χ4v) is 4.01. The maximum Gasteiger partial charge on any atom is 0.227 e. The van der Waals surface area contributed by atoms with Crippen molar-refractivity contribution in [1.82, 2.24) is 24.5 Å². The lowest BCUT2D eigenvalue weighted by Gasteiger charge is -2.26. The number of hydrogen-bond acceptors (Lipinski definition) is 5. The summed E-state index contributed by atoms with van der Waals surface area (Å²) in [6, 6.07) is 8.27. The summed E-state index contributed by atoms with van der Waals surface area (Å²) in [6.45, 7) is 2.38. The highest BCUT2D eigenvalue weighted by Gasteiger charge is 2.29. The van der Waals surface area contributed by atoms with Gasteiger partial charge in [-0.1, -0.05) is 6.07 Å². The van der Waals surface area contributed by atoms with Gasteiger partial charge < -0.3 is 19.4 Å². The summed E-state index contributed by atoms with van der Waals surface area (Å²) in [5.74, 6) is 1.05. The van der Waals surface area contributed by atoms with Crippen LogP contribution in [0.2, 0.25) is 0 Å². The highest BCUT2D eigenvalue weighted by Crippen LogP contribution is 2.21. The normalized spacial score (nSPS) is 20.5. The molecule has 2 aromatic rings. The Morgan fingerprint density at radius 1 is 1.24 bits per heavy atom. The van der Waals surface area contributed by atoms with Crippen LogP contribution in [0.5, 0.6) is 5.75 Å². The number of methoxy groups -OCH3 is 1. The fraction of sp³-hybridized carbons (Fsp3) is 0.545. The molecule has 0 spiro atoms. The molecule has 0 aliphatic carbocycles. The summed E-state index contributed by atoms with van der Waals surface area (Å²) >= 11 is 0. The van der Waals surface area contributed by atoms with Crippen molar-refractivity contribution in [1.29, 1.82) is 0 Å². The third-order valence-corrected chi connectivity index (χ3v) is 5.73. The fourth-order valence-electron chi connectivity index (χ4n) is 4.01. The lowest BCUT2D eigenvalue weighted by molar-refractivity contribution is -0.135. The zero-order valence-corrected chi connectivity index (χ0v) is 18.2. The Morgan fingerprint density at radius 3 is 2.76 bits per heavy atom. The zero-order chi connectivity index (χ0) is 21.0. The number of likely N-dealkylation sites (N-methyl/N-ethyl adjacent to an activating group) is 2. The molecule has 158 valence electrons. The van der Waals surface area contributed by atoms with Crippen molar-refractivity contribution in [3.8, 4) is 11.4 Å². The molecule has 2 heterocycles. The molecule has 1 aliphatic rings. The van der Waals surface area contributed by atoms with Crippen LogP contribution in [0.3, 0.4) is 0 Å². The monoisotopic (exact) mass is 399 g/mol. The Labute approximate surface area is 173 Å². The Hall–Kier alpha value is -2.38. The van der Waals surface area contributed by atoms with Gasteiger partial charge in [0.1, 0.15) is 5.75 Å². The Morgan fingerprint density at radius 2 is 2.03 bits per heavy atom. The Kier molecular flexibility index (Phi) is 6.92. The second-order valence-corrected chi connectivity index (χ2v) is 8.30. The van der Waals surface area contributed by atoms with Crippen LogP contribution in [0.1, 0.15) is 18.4 Å². The summed E-state index contributed by atoms with van der Waals surface area (Å²) < 4.78 is 7.10. The van der Waals surface area contributed by atoms with E-state index in [0.717, 1.165) is 42.9 Å². The summed E-state index contributed by atoms with van der Waals surface area (Å²) in [4.78, 5) is 19.5. The topological polar surface area (TPSA) is 53.8 Å². The number of rotatable bonds is 6. The molecule has 0 unspecified atom stereocenters. The smallest absolute Gasteiger partial charge is 0.227 e.